The summed E-state index contributed by atoms with van der Waals surface area (Å²) in [5.41, 5.74) is 3.49. The molecular formula is C19H20N2O3. The molecule has 24 heavy (non-hydrogen) atoms. The fourth-order valence-electron chi connectivity index (χ4n) is 2.55. The summed E-state index contributed by atoms with van der Waals surface area (Å²) in [6.45, 7) is 2.66. The minimum atomic E-state index is -0.277. The van der Waals surface area contributed by atoms with Crippen LogP contribution < -0.4 is 10.2 Å². The Hall–Kier alpha value is -2.79. The van der Waals surface area contributed by atoms with Crippen LogP contribution in [0.3, 0.4) is 0 Å². The van der Waals surface area contributed by atoms with Gasteiger partial charge in [-0.15, -0.1) is 0 Å². The van der Waals surface area contributed by atoms with Gasteiger partial charge in [-0.05, 0) is 49.4 Å². The van der Waals surface area contributed by atoms with Crippen LogP contribution >= 0.6 is 0 Å². The van der Waals surface area contributed by atoms with E-state index in [1.165, 1.54) is 0 Å². The lowest BCUT2D eigenvalue weighted by Crippen LogP contribution is -2.21. The van der Waals surface area contributed by atoms with Gasteiger partial charge in [-0.1, -0.05) is 11.6 Å². The molecule has 0 saturated heterocycles. The molecule has 3 rings (SSSR count). The maximum Gasteiger partial charge on any atom is 0.291 e. The predicted octanol–water partition coefficient (Wildman–Crippen LogP) is 3.42. The van der Waals surface area contributed by atoms with Gasteiger partial charge in [0.05, 0.1) is 6.61 Å². The number of fused-ring (bicyclic) bond motifs is 1. The Morgan fingerprint density at radius 2 is 1.92 bits per heavy atom. The van der Waals surface area contributed by atoms with Gasteiger partial charge in [-0.2, -0.15) is 0 Å². The topological polar surface area (TPSA) is 65.7 Å². The number of anilines is 2. The molecule has 3 aromatic rings. The zero-order chi connectivity index (χ0) is 17.1. The maximum absolute atomic E-state index is 12.3. The minimum absolute atomic E-state index is 0.0977. The number of amides is 1. The van der Waals surface area contributed by atoms with E-state index in [9.17, 15) is 4.79 Å². The van der Waals surface area contributed by atoms with Gasteiger partial charge in [0.15, 0.2) is 5.76 Å². The van der Waals surface area contributed by atoms with Gasteiger partial charge in [0.1, 0.15) is 5.58 Å². The van der Waals surface area contributed by atoms with Crippen LogP contribution in [0.4, 0.5) is 11.4 Å². The molecule has 0 fully saturated rings. The molecule has 0 atom stereocenters. The molecule has 0 radical (unpaired) electrons. The number of aryl methyl sites for hydroxylation is 1. The van der Waals surface area contributed by atoms with Gasteiger partial charge in [0, 0.05) is 30.4 Å². The van der Waals surface area contributed by atoms with Crippen LogP contribution in [0.25, 0.3) is 11.0 Å². The van der Waals surface area contributed by atoms with Gasteiger partial charge in [-0.25, -0.2) is 0 Å². The number of aliphatic hydroxyl groups excluding tert-OH is 1. The molecule has 5 heteroatoms. The zero-order valence-corrected chi connectivity index (χ0v) is 13.7. The van der Waals surface area contributed by atoms with Crippen molar-refractivity contribution < 1.29 is 14.3 Å². The van der Waals surface area contributed by atoms with Crippen LogP contribution in [0.15, 0.2) is 52.9 Å². The highest BCUT2D eigenvalue weighted by atomic mass is 16.3. The molecule has 0 unspecified atom stereocenters. The van der Waals surface area contributed by atoms with E-state index in [0.717, 1.165) is 16.6 Å². The maximum atomic E-state index is 12.3. The molecule has 0 saturated carbocycles. The van der Waals surface area contributed by atoms with E-state index < -0.39 is 0 Å². The van der Waals surface area contributed by atoms with Crippen molar-refractivity contribution in [3.63, 3.8) is 0 Å². The molecular weight excluding hydrogens is 304 g/mol. The van der Waals surface area contributed by atoms with E-state index in [1.54, 1.807) is 6.07 Å². The first-order valence-corrected chi connectivity index (χ1v) is 7.80. The van der Waals surface area contributed by atoms with Gasteiger partial charge >= 0.3 is 0 Å². The summed E-state index contributed by atoms with van der Waals surface area (Å²) in [6, 6.07) is 15.0. The molecule has 1 amide bonds. The summed E-state index contributed by atoms with van der Waals surface area (Å²) in [7, 11) is 1.90. The van der Waals surface area contributed by atoms with Crippen molar-refractivity contribution >= 4 is 28.3 Å². The average molecular weight is 324 g/mol. The third-order valence-electron chi connectivity index (χ3n) is 3.90. The number of aliphatic hydroxyl groups is 1. The SMILES string of the molecule is Cc1ccc2oc(C(=O)Nc3ccc(N(C)CCO)cc3)cc2c1. The van der Waals surface area contributed by atoms with Crippen molar-refractivity contribution in [2.75, 3.05) is 30.4 Å². The molecule has 1 heterocycles. The minimum Gasteiger partial charge on any atom is -0.451 e. The van der Waals surface area contributed by atoms with Crippen LogP contribution in [0.2, 0.25) is 0 Å². The number of nitrogens with zero attached hydrogens (tertiary/aromatic N) is 1. The Labute approximate surface area is 140 Å². The number of hydrogen-bond acceptors (Lipinski definition) is 4. The average Bonchev–Trinajstić information content (AvgIpc) is 2.99. The Bertz CT molecular complexity index is 853. The number of likely N-dealkylation sites (N-methyl/N-ethyl adjacent to an activating group) is 1. The number of furan rings is 1. The second kappa shape index (κ2) is 6.76. The van der Waals surface area contributed by atoms with E-state index in [-0.39, 0.29) is 18.3 Å². The van der Waals surface area contributed by atoms with Crippen LogP contribution in [0.1, 0.15) is 16.1 Å². The lowest BCUT2D eigenvalue weighted by Gasteiger charge is -2.18. The van der Waals surface area contributed by atoms with Gasteiger partial charge < -0.3 is 19.7 Å². The quantitative estimate of drug-likeness (QED) is 0.755. The third-order valence-corrected chi connectivity index (χ3v) is 3.90. The molecule has 0 spiro atoms. The molecule has 2 N–H and O–H groups in total. The Morgan fingerprint density at radius 3 is 2.62 bits per heavy atom. The highest BCUT2D eigenvalue weighted by Gasteiger charge is 2.12. The highest BCUT2D eigenvalue weighted by Crippen LogP contribution is 2.22. The van der Waals surface area contributed by atoms with Crippen molar-refractivity contribution in [3.8, 4) is 0 Å². The van der Waals surface area contributed by atoms with E-state index in [4.69, 9.17) is 9.52 Å². The van der Waals surface area contributed by atoms with Crippen LogP contribution in [0, 0.1) is 6.92 Å². The first kappa shape index (κ1) is 16.1. The van der Waals surface area contributed by atoms with E-state index in [0.29, 0.717) is 17.8 Å². The molecule has 0 bridgehead atoms. The Kier molecular flexibility index (Phi) is 4.53. The lowest BCUT2D eigenvalue weighted by molar-refractivity contribution is 0.0998. The normalized spacial score (nSPS) is 10.8. The molecule has 1 aromatic heterocycles. The first-order chi connectivity index (χ1) is 11.6. The van der Waals surface area contributed by atoms with Gasteiger partial charge in [-0.3, -0.25) is 4.79 Å². The monoisotopic (exact) mass is 324 g/mol. The highest BCUT2D eigenvalue weighted by molar-refractivity contribution is 6.04. The van der Waals surface area contributed by atoms with Crippen LogP contribution in [0.5, 0.6) is 0 Å². The Balaban J connectivity index is 1.73. The van der Waals surface area contributed by atoms with Gasteiger partial charge in [0.25, 0.3) is 5.91 Å². The summed E-state index contributed by atoms with van der Waals surface area (Å²) in [5, 5.41) is 12.7. The largest absolute Gasteiger partial charge is 0.451 e. The molecule has 0 aliphatic heterocycles. The zero-order valence-electron chi connectivity index (χ0n) is 13.7. The summed E-state index contributed by atoms with van der Waals surface area (Å²) in [5.74, 6) is 0.0115. The summed E-state index contributed by atoms with van der Waals surface area (Å²) in [4.78, 5) is 14.3. The van der Waals surface area contributed by atoms with Gasteiger partial charge in [0.2, 0.25) is 0 Å². The van der Waals surface area contributed by atoms with Crippen molar-refractivity contribution in [2.24, 2.45) is 0 Å². The molecule has 5 nitrogen and oxygen atoms in total. The number of benzene rings is 2. The van der Waals surface area contributed by atoms with Crippen LogP contribution in [-0.4, -0.2) is 31.2 Å². The number of carbonyl (C=O) groups is 1. The second-order valence-corrected chi connectivity index (χ2v) is 5.80. The number of nitrogens with one attached hydrogen (secondary N) is 1. The van der Waals surface area contributed by atoms with Crippen molar-refractivity contribution in [2.45, 2.75) is 6.92 Å². The fourth-order valence-corrected chi connectivity index (χ4v) is 2.55. The number of carbonyl (C=O) groups excluding carboxylic acids is 1. The molecule has 2 aromatic carbocycles. The summed E-state index contributed by atoms with van der Waals surface area (Å²) >= 11 is 0. The standard InChI is InChI=1S/C19H20N2O3/c1-13-3-8-17-14(11-13)12-18(24-17)19(23)20-15-4-6-16(7-5-15)21(2)9-10-22/h3-8,11-12,22H,9-10H2,1-2H3,(H,20,23). The van der Waals surface area contributed by atoms with Crippen molar-refractivity contribution in [3.05, 3.63) is 59.9 Å². The number of rotatable bonds is 5. The van der Waals surface area contributed by atoms with E-state index in [1.807, 2.05) is 61.3 Å². The van der Waals surface area contributed by atoms with Crippen molar-refractivity contribution in [1.82, 2.24) is 0 Å². The summed E-state index contributed by atoms with van der Waals surface area (Å²) < 4.78 is 5.60. The predicted molar refractivity (Wildman–Crippen MR) is 95.7 cm³/mol. The first-order valence-electron chi connectivity index (χ1n) is 7.80. The summed E-state index contributed by atoms with van der Waals surface area (Å²) in [6.07, 6.45) is 0. The molecule has 124 valence electrons. The third kappa shape index (κ3) is 3.41. The smallest absolute Gasteiger partial charge is 0.291 e. The number of hydrogen-bond donors (Lipinski definition) is 2. The fraction of sp³-hybridized carbons (Fsp3) is 0.211. The molecule has 0 aliphatic carbocycles. The van der Waals surface area contributed by atoms with Crippen LogP contribution in [-0.2, 0) is 0 Å². The lowest BCUT2D eigenvalue weighted by atomic mass is 10.2. The van der Waals surface area contributed by atoms with E-state index in [2.05, 4.69) is 5.32 Å². The second-order valence-electron chi connectivity index (χ2n) is 5.80. The van der Waals surface area contributed by atoms with Crippen molar-refractivity contribution in [1.29, 1.82) is 0 Å². The van der Waals surface area contributed by atoms with E-state index >= 15 is 0 Å². The Morgan fingerprint density at radius 1 is 1.17 bits per heavy atom. The molecule has 0 aliphatic rings.